The highest BCUT2D eigenvalue weighted by Gasteiger charge is 2.16. The molecule has 0 saturated heterocycles. The zero-order valence-corrected chi connectivity index (χ0v) is 13.3. The number of benzene rings is 1. The van der Waals surface area contributed by atoms with Crippen molar-refractivity contribution >= 4 is 22.6 Å². The van der Waals surface area contributed by atoms with Gasteiger partial charge < -0.3 is 14.5 Å². The fraction of sp³-hybridized carbons (Fsp3) is 0.500. The number of aryl methyl sites for hydroxylation is 1. The van der Waals surface area contributed by atoms with E-state index in [1.54, 1.807) is 7.11 Å². The van der Waals surface area contributed by atoms with Gasteiger partial charge in [-0.1, -0.05) is 25.4 Å². The number of hydrogen-bond donors (Lipinski definition) is 1. The summed E-state index contributed by atoms with van der Waals surface area (Å²) in [6.45, 7) is 8.59. The third-order valence-corrected chi connectivity index (χ3v) is 3.47. The summed E-state index contributed by atoms with van der Waals surface area (Å²) >= 11 is 6.15. The quantitative estimate of drug-likeness (QED) is 0.863. The van der Waals surface area contributed by atoms with E-state index in [9.17, 15) is 0 Å². The molecule has 0 unspecified atom stereocenters. The van der Waals surface area contributed by atoms with E-state index in [4.69, 9.17) is 20.8 Å². The van der Waals surface area contributed by atoms with Crippen molar-refractivity contribution in [1.82, 2.24) is 5.32 Å². The maximum absolute atomic E-state index is 6.15. The average Bonchev–Trinajstić information content (AvgIpc) is 2.69. The molecule has 1 heterocycles. The lowest BCUT2D eigenvalue weighted by Crippen LogP contribution is -2.19. The van der Waals surface area contributed by atoms with Crippen molar-refractivity contribution in [2.45, 2.75) is 33.9 Å². The molecular formula is C16H22ClNO2. The molecule has 2 rings (SSSR count). The molecule has 1 N–H and O–H groups in total. The van der Waals surface area contributed by atoms with Gasteiger partial charge in [0.05, 0.1) is 13.2 Å². The lowest BCUT2D eigenvalue weighted by molar-refractivity contribution is 0.183. The molecule has 0 atom stereocenters. The molecule has 0 radical (unpaired) electrons. The molecule has 1 aromatic heterocycles. The van der Waals surface area contributed by atoms with Crippen molar-refractivity contribution < 1.29 is 9.15 Å². The number of hydrogen-bond acceptors (Lipinski definition) is 3. The fourth-order valence-electron chi connectivity index (χ4n) is 2.34. The Balaban J connectivity index is 2.37. The van der Waals surface area contributed by atoms with Crippen LogP contribution >= 0.6 is 11.6 Å². The molecule has 20 heavy (non-hydrogen) atoms. The van der Waals surface area contributed by atoms with E-state index >= 15 is 0 Å². The number of ether oxygens (including phenoxy) is 1. The molecule has 0 fully saturated rings. The van der Waals surface area contributed by atoms with Crippen LogP contribution in [0.2, 0.25) is 5.02 Å². The zero-order valence-electron chi connectivity index (χ0n) is 12.5. The summed E-state index contributed by atoms with van der Waals surface area (Å²) in [4.78, 5) is 0. The zero-order chi connectivity index (χ0) is 14.7. The Morgan fingerprint density at radius 1 is 1.35 bits per heavy atom. The fourth-order valence-corrected chi connectivity index (χ4v) is 2.62. The van der Waals surface area contributed by atoms with Crippen LogP contribution in [-0.4, -0.2) is 13.7 Å². The highest BCUT2D eigenvalue weighted by atomic mass is 35.5. The summed E-state index contributed by atoms with van der Waals surface area (Å²) < 4.78 is 11.3. The van der Waals surface area contributed by atoms with Crippen molar-refractivity contribution in [2.75, 3.05) is 13.7 Å². The van der Waals surface area contributed by atoms with Gasteiger partial charge in [-0.25, -0.2) is 0 Å². The van der Waals surface area contributed by atoms with E-state index in [0.717, 1.165) is 39.4 Å². The first kappa shape index (κ1) is 15.4. The van der Waals surface area contributed by atoms with Crippen LogP contribution in [0, 0.1) is 12.8 Å². The molecule has 0 saturated carbocycles. The van der Waals surface area contributed by atoms with Gasteiger partial charge in [-0.05, 0) is 37.1 Å². The van der Waals surface area contributed by atoms with Crippen LogP contribution in [0.1, 0.15) is 30.7 Å². The summed E-state index contributed by atoms with van der Waals surface area (Å²) in [6.07, 6.45) is 0. The van der Waals surface area contributed by atoms with Crippen LogP contribution in [-0.2, 0) is 17.9 Å². The minimum Gasteiger partial charge on any atom is -0.459 e. The second kappa shape index (κ2) is 6.61. The summed E-state index contributed by atoms with van der Waals surface area (Å²) in [7, 11) is 1.70. The van der Waals surface area contributed by atoms with Crippen LogP contribution in [0.3, 0.4) is 0 Å². The molecule has 0 aliphatic rings. The van der Waals surface area contributed by atoms with Gasteiger partial charge in [0.25, 0.3) is 0 Å². The first-order valence-electron chi connectivity index (χ1n) is 6.93. The number of rotatable bonds is 6. The van der Waals surface area contributed by atoms with Crippen LogP contribution in [0.5, 0.6) is 0 Å². The molecule has 1 aromatic carbocycles. The minimum atomic E-state index is 0.533. The van der Waals surface area contributed by atoms with E-state index in [1.165, 1.54) is 0 Å². The second-order valence-corrected chi connectivity index (χ2v) is 6.00. The molecule has 0 spiro atoms. The lowest BCUT2D eigenvalue weighted by atomic mass is 10.1. The van der Waals surface area contributed by atoms with Crippen LogP contribution in [0.15, 0.2) is 16.5 Å². The van der Waals surface area contributed by atoms with Gasteiger partial charge in [-0.3, -0.25) is 0 Å². The molecular weight excluding hydrogens is 274 g/mol. The summed E-state index contributed by atoms with van der Waals surface area (Å²) in [5, 5.41) is 5.20. The molecule has 0 amide bonds. The van der Waals surface area contributed by atoms with E-state index in [-0.39, 0.29) is 0 Å². The highest BCUT2D eigenvalue weighted by molar-refractivity contribution is 6.31. The Kier molecular flexibility index (Phi) is 5.08. The molecule has 3 nitrogen and oxygen atoms in total. The topological polar surface area (TPSA) is 34.4 Å². The van der Waals surface area contributed by atoms with Gasteiger partial charge in [-0.15, -0.1) is 0 Å². The molecule has 0 aliphatic heterocycles. The van der Waals surface area contributed by atoms with Crippen molar-refractivity contribution in [3.05, 3.63) is 34.0 Å². The minimum absolute atomic E-state index is 0.533. The van der Waals surface area contributed by atoms with E-state index in [2.05, 4.69) is 19.2 Å². The number of halogens is 1. The third kappa shape index (κ3) is 3.35. The van der Waals surface area contributed by atoms with Crippen molar-refractivity contribution in [3.63, 3.8) is 0 Å². The van der Waals surface area contributed by atoms with Crippen molar-refractivity contribution in [1.29, 1.82) is 0 Å². The smallest absolute Gasteiger partial charge is 0.137 e. The average molecular weight is 296 g/mol. The molecule has 0 aliphatic carbocycles. The monoisotopic (exact) mass is 295 g/mol. The summed E-state index contributed by atoms with van der Waals surface area (Å²) in [5.74, 6) is 1.55. The first-order chi connectivity index (χ1) is 9.52. The van der Waals surface area contributed by atoms with E-state index < -0.39 is 0 Å². The summed E-state index contributed by atoms with van der Waals surface area (Å²) in [5.41, 5.74) is 3.05. The number of methoxy groups -OCH3 is 1. The van der Waals surface area contributed by atoms with Crippen molar-refractivity contribution in [3.8, 4) is 0 Å². The Morgan fingerprint density at radius 3 is 2.75 bits per heavy atom. The van der Waals surface area contributed by atoms with Crippen LogP contribution < -0.4 is 5.32 Å². The third-order valence-electron chi connectivity index (χ3n) is 3.25. The standard InChI is InChI=1S/C16H22ClNO2/c1-10(2)7-18-8-15-14(9-19-4)13-6-12(17)5-11(3)16(13)20-15/h5-6,10,18H,7-9H2,1-4H3. The lowest BCUT2D eigenvalue weighted by Gasteiger charge is -2.07. The van der Waals surface area contributed by atoms with Crippen LogP contribution in [0.25, 0.3) is 11.0 Å². The number of fused-ring (bicyclic) bond motifs is 1. The summed E-state index contributed by atoms with van der Waals surface area (Å²) in [6, 6.07) is 3.88. The van der Waals surface area contributed by atoms with Gasteiger partial charge in [0.1, 0.15) is 11.3 Å². The van der Waals surface area contributed by atoms with Gasteiger partial charge in [0.2, 0.25) is 0 Å². The predicted molar refractivity (Wildman–Crippen MR) is 83.2 cm³/mol. The van der Waals surface area contributed by atoms with Crippen molar-refractivity contribution in [2.24, 2.45) is 5.92 Å². The Labute approximate surface area is 125 Å². The van der Waals surface area contributed by atoms with Gasteiger partial charge >= 0.3 is 0 Å². The first-order valence-corrected chi connectivity index (χ1v) is 7.30. The number of furan rings is 1. The Bertz CT molecular complexity index is 590. The Hall–Kier alpha value is -1.03. The largest absolute Gasteiger partial charge is 0.459 e. The maximum Gasteiger partial charge on any atom is 0.137 e. The maximum atomic E-state index is 6.15. The molecule has 0 bridgehead atoms. The van der Waals surface area contributed by atoms with E-state index in [0.29, 0.717) is 19.1 Å². The molecule has 110 valence electrons. The van der Waals surface area contributed by atoms with Gasteiger partial charge in [-0.2, -0.15) is 0 Å². The van der Waals surface area contributed by atoms with Gasteiger partial charge in [0, 0.05) is 23.1 Å². The predicted octanol–water partition coefficient (Wildman–Crippen LogP) is 4.29. The van der Waals surface area contributed by atoms with Crippen LogP contribution in [0.4, 0.5) is 0 Å². The Morgan fingerprint density at radius 2 is 2.10 bits per heavy atom. The number of nitrogens with one attached hydrogen (secondary N) is 1. The molecule has 2 aromatic rings. The SMILES string of the molecule is COCc1c(CNCC(C)C)oc2c(C)cc(Cl)cc12. The van der Waals surface area contributed by atoms with Gasteiger partial charge in [0.15, 0.2) is 0 Å². The van der Waals surface area contributed by atoms with E-state index in [1.807, 2.05) is 19.1 Å². The molecule has 4 heteroatoms. The normalized spacial score (nSPS) is 11.7. The highest BCUT2D eigenvalue weighted by Crippen LogP contribution is 2.31. The second-order valence-electron chi connectivity index (χ2n) is 5.56.